The van der Waals surface area contributed by atoms with Crippen LogP contribution in [0, 0.1) is 0 Å². The van der Waals surface area contributed by atoms with Gasteiger partial charge in [0.25, 0.3) is 0 Å². The Balaban J connectivity index is 4.02. The number of hydrogen-bond acceptors (Lipinski definition) is 0. The lowest BCUT2D eigenvalue weighted by Gasteiger charge is -2.43. The van der Waals surface area contributed by atoms with Crippen molar-refractivity contribution in [2.24, 2.45) is 4.52 Å². The van der Waals surface area contributed by atoms with Gasteiger partial charge >= 0.3 is 7.51 Å². The molecular weight excluding hydrogens is 388 g/mol. The van der Waals surface area contributed by atoms with Gasteiger partial charge in [-0.1, -0.05) is 30.3 Å². The Kier molecular flexibility index (Phi) is 9.56. The van der Waals surface area contributed by atoms with Crippen molar-refractivity contribution in [1.82, 2.24) is 23.4 Å². The summed E-state index contributed by atoms with van der Waals surface area (Å²) in [6, 6.07) is 10.7. The molecule has 0 aliphatic carbocycles. The van der Waals surface area contributed by atoms with Crippen molar-refractivity contribution in [3.63, 3.8) is 0 Å². The van der Waals surface area contributed by atoms with Gasteiger partial charge in [-0.2, -0.15) is 4.52 Å². The topological polar surface area (TPSA) is 31.6 Å². The fourth-order valence-electron chi connectivity index (χ4n) is 3.75. The molecule has 1 rings (SSSR count). The summed E-state index contributed by atoms with van der Waals surface area (Å²) in [5.74, 6) is 0. The van der Waals surface area contributed by atoms with Gasteiger partial charge in [0.15, 0.2) is 14.1 Å². The number of hydrogen-bond donors (Lipinski definition) is 0. The minimum atomic E-state index is -2.15. The van der Waals surface area contributed by atoms with E-state index in [0.717, 1.165) is 13.1 Å². The summed E-state index contributed by atoms with van der Waals surface area (Å²) < 4.78 is 19.9. The molecule has 0 unspecified atom stereocenters. The normalized spacial score (nSPS) is 13.3. The zero-order chi connectivity index (χ0) is 21.7. The van der Waals surface area contributed by atoms with Crippen LogP contribution in [0.3, 0.4) is 0 Å². The van der Waals surface area contributed by atoms with E-state index in [1.165, 1.54) is 5.56 Å². The zero-order valence-electron chi connectivity index (χ0n) is 19.8. The highest BCUT2D eigenvalue weighted by Crippen LogP contribution is 2.67. The van der Waals surface area contributed by atoms with Crippen molar-refractivity contribution in [3.05, 3.63) is 35.9 Å². The highest BCUT2D eigenvalue weighted by Gasteiger charge is 2.42. The van der Waals surface area contributed by atoms with E-state index in [2.05, 4.69) is 135 Å². The van der Waals surface area contributed by atoms with Crippen molar-refractivity contribution in [1.29, 1.82) is 0 Å². The van der Waals surface area contributed by atoms with Crippen molar-refractivity contribution in [2.75, 3.05) is 77.0 Å². The molecule has 9 heteroatoms. The van der Waals surface area contributed by atoms with Crippen LogP contribution in [0.1, 0.15) is 12.5 Å². The van der Waals surface area contributed by atoms with Crippen LogP contribution in [0.4, 0.5) is 0 Å². The first-order valence-electron chi connectivity index (χ1n) is 9.68. The standard InChI is InChI=1S/C19H42N7P2/c1-12-26(18-19-16-14-13-15-17-19)28(24(8)9,25(10)11)20-27(21(2)3,22(4)5)23(6)7/h13-17H,12,18H2,1-11H3/q+1. The number of rotatable bonds is 9. The first-order chi connectivity index (χ1) is 13.0. The van der Waals surface area contributed by atoms with E-state index in [4.69, 9.17) is 4.52 Å². The lowest BCUT2D eigenvalue weighted by Crippen LogP contribution is -2.33. The zero-order valence-corrected chi connectivity index (χ0v) is 21.6. The summed E-state index contributed by atoms with van der Waals surface area (Å²) in [5.41, 5.74) is 1.32. The Morgan fingerprint density at radius 3 is 1.46 bits per heavy atom. The molecule has 1 aromatic rings. The van der Waals surface area contributed by atoms with Crippen molar-refractivity contribution < 1.29 is 4.33 Å². The monoisotopic (exact) mass is 430 g/mol. The fraction of sp³-hybridized carbons (Fsp3) is 0.684. The second-order valence-corrected chi connectivity index (χ2v) is 15.3. The predicted molar refractivity (Wildman–Crippen MR) is 126 cm³/mol. The first-order valence-corrected chi connectivity index (χ1v) is 12.9. The van der Waals surface area contributed by atoms with Gasteiger partial charge in [-0.3, -0.25) is 14.0 Å². The summed E-state index contributed by atoms with van der Waals surface area (Å²) in [4.78, 5) is 0. The van der Waals surface area contributed by atoms with Gasteiger partial charge in [0, 0.05) is 5.56 Å². The molecule has 0 saturated carbocycles. The van der Waals surface area contributed by atoms with Gasteiger partial charge in [0.2, 0.25) is 0 Å². The van der Waals surface area contributed by atoms with Gasteiger partial charge in [-0.15, -0.1) is 0 Å². The van der Waals surface area contributed by atoms with Gasteiger partial charge in [0.1, 0.15) is 6.54 Å². The van der Waals surface area contributed by atoms with Crippen LogP contribution in [-0.4, -0.2) is 105 Å². The molecule has 0 bridgehead atoms. The minimum absolute atomic E-state index is 0.874. The van der Waals surface area contributed by atoms with Crippen molar-refractivity contribution in [2.45, 2.75) is 13.5 Å². The Bertz CT molecular complexity index is 685. The molecule has 7 nitrogen and oxygen atoms in total. The highest BCUT2D eigenvalue weighted by molar-refractivity contribution is 7.70. The van der Waals surface area contributed by atoms with Crippen molar-refractivity contribution >= 4 is 15.0 Å². The third-order valence-electron chi connectivity index (χ3n) is 4.88. The third-order valence-corrected chi connectivity index (χ3v) is 13.3. The van der Waals surface area contributed by atoms with Crippen LogP contribution in [0.25, 0.3) is 0 Å². The van der Waals surface area contributed by atoms with Crippen LogP contribution in [0.5, 0.6) is 0 Å². The lowest BCUT2D eigenvalue weighted by molar-refractivity contribution is -0.526. The highest BCUT2D eigenvalue weighted by atomic mass is 31.2. The van der Waals surface area contributed by atoms with E-state index in [0.29, 0.717) is 0 Å². The Labute approximate surface area is 174 Å². The first kappa shape index (κ1) is 25.5. The molecule has 0 saturated heterocycles. The summed E-state index contributed by atoms with van der Waals surface area (Å²) in [5, 5.41) is 0. The number of nitrogens with zero attached hydrogens (tertiary/aromatic N) is 7. The van der Waals surface area contributed by atoms with Crippen LogP contribution >= 0.6 is 15.0 Å². The quantitative estimate of drug-likeness (QED) is 0.555. The second-order valence-electron chi connectivity index (χ2n) is 7.87. The molecular formula is C19H42N7P2+. The molecule has 0 amide bonds. The molecule has 0 aliphatic rings. The van der Waals surface area contributed by atoms with E-state index in [9.17, 15) is 0 Å². The van der Waals surface area contributed by atoms with Crippen molar-refractivity contribution in [3.8, 4) is 0 Å². The summed E-state index contributed by atoms with van der Waals surface area (Å²) >= 11 is 0. The second kappa shape index (κ2) is 10.5. The lowest BCUT2D eigenvalue weighted by atomic mass is 10.2. The molecule has 0 aromatic heterocycles. The largest absolute Gasteiger partial charge is 0.357 e. The minimum Gasteiger partial charge on any atom is -0.252 e. The predicted octanol–water partition coefficient (Wildman–Crippen LogP) is 3.92. The molecule has 1 aromatic carbocycles. The smallest absolute Gasteiger partial charge is 0.252 e. The van der Waals surface area contributed by atoms with E-state index in [1.807, 2.05) is 0 Å². The van der Waals surface area contributed by atoms with E-state index in [1.54, 1.807) is 0 Å². The van der Waals surface area contributed by atoms with Gasteiger partial charge in [-0.05, 0) is 77.4 Å². The molecule has 0 N–H and O–H groups in total. The van der Waals surface area contributed by atoms with E-state index >= 15 is 0 Å². The Morgan fingerprint density at radius 1 is 0.714 bits per heavy atom. The maximum Gasteiger partial charge on any atom is 0.357 e. The Hall–Kier alpha value is -0.520. The average molecular weight is 431 g/mol. The summed E-state index contributed by atoms with van der Waals surface area (Å²) in [6.45, 7) is 4.04. The third kappa shape index (κ3) is 4.96. The SMILES string of the molecule is CC[N+](Cc1ccccc1)=P(N=P(N(C)C)(N(C)C)N(C)C)(N(C)C)N(C)C. The molecule has 0 heterocycles. The van der Waals surface area contributed by atoms with Gasteiger partial charge in [-0.25, -0.2) is 13.7 Å². The molecule has 0 radical (unpaired) electrons. The fourth-order valence-corrected chi connectivity index (χ4v) is 13.3. The van der Waals surface area contributed by atoms with Crippen LogP contribution in [-0.2, 0) is 6.54 Å². The summed E-state index contributed by atoms with van der Waals surface area (Å²) in [6.07, 6.45) is 0. The average Bonchev–Trinajstić information content (AvgIpc) is 2.60. The van der Waals surface area contributed by atoms with E-state index in [-0.39, 0.29) is 0 Å². The van der Waals surface area contributed by atoms with E-state index < -0.39 is 15.0 Å². The maximum absolute atomic E-state index is 5.78. The molecule has 28 heavy (non-hydrogen) atoms. The van der Waals surface area contributed by atoms with Crippen LogP contribution < -0.4 is 0 Å². The molecule has 0 spiro atoms. The van der Waals surface area contributed by atoms with Gasteiger partial charge < -0.3 is 0 Å². The van der Waals surface area contributed by atoms with Gasteiger partial charge in [0.05, 0.1) is 0 Å². The molecule has 0 fully saturated rings. The summed E-state index contributed by atoms with van der Waals surface area (Å²) in [7, 11) is 17.3. The Morgan fingerprint density at radius 2 is 1.14 bits per heavy atom. The molecule has 0 atom stereocenters. The van der Waals surface area contributed by atoms with Crippen LogP contribution in [0.2, 0.25) is 0 Å². The number of benzene rings is 1. The molecule has 162 valence electrons. The van der Waals surface area contributed by atoms with Crippen LogP contribution in [0.15, 0.2) is 34.8 Å². The molecule has 0 aliphatic heterocycles. The maximum atomic E-state index is 5.78.